The summed E-state index contributed by atoms with van der Waals surface area (Å²) in [6, 6.07) is 6.58. The van der Waals surface area contributed by atoms with Gasteiger partial charge in [-0.05, 0) is 66.0 Å². The highest BCUT2D eigenvalue weighted by molar-refractivity contribution is 9.10. The summed E-state index contributed by atoms with van der Waals surface area (Å²) in [5, 5.41) is 9.73. The van der Waals surface area contributed by atoms with Crippen molar-refractivity contribution in [2.45, 2.75) is 26.2 Å². The number of benzene rings is 1. The molecule has 35 heavy (non-hydrogen) atoms. The Kier molecular flexibility index (Phi) is 9.17. The third-order valence-corrected chi connectivity index (χ3v) is 7.15. The van der Waals surface area contributed by atoms with Crippen LogP contribution in [0, 0.1) is 5.92 Å². The van der Waals surface area contributed by atoms with Crippen LogP contribution in [0.3, 0.4) is 0 Å². The summed E-state index contributed by atoms with van der Waals surface area (Å²) < 4.78 is 6.08. The molecule has 1 amide bonds. The molecule has 0 spiro atoms. The Hall–Kier alpha value is -2.43. The number of ether oxygens (including phenoxy) is 1. The number of nitrogens with zero attached hydrogens (tertiary/aromatic N) is 4. The molecular formula is C25H36BrN7O2. The average molecular weight is 547 g/mol. The molecular weight excluding hydrogens is 510 g/mol. The minimum Gasteiger partial charge on any atom is -0.381 e. The third-order valence-electron chi connectivity index (χ3n) is 6.57. The van der Waals surface area contributed by atoms with Crippen LogP contribution in [0.5, 0.6) is 0 Å². The predicted molar refractivity (Wildman–Crippen MR) is 144 cm³/mol. The maximum Gasteiger partial charge on any atom is 0.229 e. The van der Waals surface area contributed by atoms with Gasteiger partial charge in [0.15, 0.2) is 0 Å². The Morgan fingerprint density at radius 3 is 2.80 bits per heavy atom. The Labute approximate surface area is 216 Å². The number of likely N-dealkylation sites (N-methyl/N-ethyl adjacent to an activating group) is 1. The molecule has 9 nitrogen and oxygen atoms in total. The van der Waals surface area contributed by atoms with E-state index in [0.29, 0.717) is 32.3 Å². The topological polar surface area (TPSA) is 94.7 Å². The van der Waals surface area contributed by atoms with Gasteiger partial charge in [-0.15, -0.1) is 0 Å². The van der Waals surface area contributed by atoms with E-state index in [0.717, 1.165) is 61.4 Å². The van der Waals surface area contributed by atoms with Crippen molar-refractivity contribution in [2.24, 2.45) is 5.92 Å². The SMILES string of the molecule is CCc1cc(N2CCN(C)CC2)ccc1Nc1ncc(Br)c(NCCCNC(=O)C2CCOC2)n1. The molecule has 0 bridgehead atoms. The lowest BCUT2D eigenvalue weighted by molar-refractivity contribution is -0.124. The Morgan fingerprint density at radius 2 is 2.06 bits per heavy atom. The zero-order valence-corrected chi connectivity index (χ0v) is 22.2. The van der Waals surface area contributed by atoms with Gasteiger partial charge < -0.3 is 30.5 Å². The van der Waals surface area contributed by atoms with Crippen LogP contribution in [0.15, 0.2) is 28.9 Å². The quantitative estimate of drug-likeness (QED) is 0.391. The monoisotopic (exact) mass is 545 g/mol. The second-order valence-corrected chi connectivity index (χ2v) is 9.99. The number of carbonyl (C=O) groups excluding carboxylic acids is 1. The number of aromatic nitrogens is 2. The van der Waals surface area contributed by atoms with E-state index in [4.69, 9.17) is 4.74 Å². The van der Waals surface area contributed by atoms with Crippen molar-refractivity contribution in [1.29, 1.82) is 0 Å². The summed E-state index contributed by atoms with van der Waals surface area (Å²) >= 11 is 3.53. The number of hydrogen-bond acceptors (Lipinski definition) is 8. The number of nitrogens with one attached hydrogen (secondary N) is 3. The zero-order chi connectivity index (χ0) is 24.6. The minimum atomic E-state index is -0.00349. The summed E-state index contributed by atoms with van der Waals surface area (Å²) in [6.45, 7) is 8.97. The van der Waals surface area contributed by atoms with Crippen LogP contribution in [0.25, 0.3) is 0 Å². The van der Waals surface area contributed by atoms with Crippen molar-refractivity contribution in [3.63, 3.8) is 0 Å². The van der Waals surface area contributed by atoms with Crippen molar-refractivity contribution in [3.05, 3.63) is 34.4 Å². The number of hydrogen-bond donors (Lipinski definition) is 3. The van der Waals surface area contributed by atoms with Crippen molar-refractivity contribution in [3.8, 4) is 0 Å². The van der Waals surface area contributed by atoms with Crippen LogP contribution in [0.4, 0.5) is 23.1 Å². The standard InChI is InChI=1S/C25H36BrN7O2/c1-3-18-15-20(33-12-10-32(2)11-13-33)5-6-22(18)30-25-29-16-21(26)23(31-25)27-8-4-9-28-24(34)19-7-14-35-17-19/h5-6,15-16,19H,3-4,7-14,17H2,1-2H3,(H,28,34)(H2,27,29,30,31). The maximum atomic E-state index is 12.1. The smallest absolute Gasteiger partial charge is 0.229 e. The van der Waals surface area contributed by atoms with Crippen molar-refractivity contribution in [1.82, 2.24) is 20.2 Å². The van der Waals surface area contributed by atoms with E-state index in [-0.39, 0.29) is 11.8 Å². The number of halogens is 1. The molecule has 0 saturated carbocycles. The number of amides is 1. The first-order valence-corrected chi connectivity index (χ1v) is 13.3. The number of aryl methyl sites for hydroxylation is 1. The molecule has 190 valence electrons. The predicted octanol–water partition coefficient (Wildman–Crippen LogP) is 3.25. The molecule has 1 atom stereocenters. The molecule has 1 aromatic heterocycles. The fourth-order valence-corrected chi connectivity index (χ4v) is 4.65. The Balaban J connectivity index is 1.31. The minimum absolute atomic E-state index is 0.00349. The first-order valence-electron chi connectivity index (χ1n) is 12.5. The molecule has 10 heteroatoms. The van der Waals surface area contributed by atoms with Gasteiger partial charge in [0.2, 0.25) is 11.9 Å². The molecule has 2 aromatic rings. The first kappa shape index (κ1) is 25.7. The van der Waals surface area contributed by atoms with Gasteiger partial charge in [0, 0.05) is 63.4 Å². The highest BCUT2D eigenvalue weighted by atomic mass is 79.9. The van der Waals surface area contributed by atoms with E-state index in [9.17, 15) is 4.79 Å². The molecule has 4 rings (SSSR count). The zero-order valence-electron chi connectivity index (χ0n) is 20.6. The summed E-state index contributed by atoms with van der Waals surface area (Å²) in [5.41, 5.74) is 3.54. The molecule has 2 fully saturated rings. The Morgan fingerprint density at radius 1 is 1.23 bits per heavy atom. The van der Waals surface area contributed by atoms with Crippen LogP contribution < -0.4 is 20.9 Å². The molecule has 1 unspecified atom stereocenters. The van der Waals surface area contributed by atoms with E-state index in [1.807, 2.05) is 0 Å². The highest BCUT2D eigenvalue weighted by Crippen LogP contribution is 2.28. The normalized spacial score (nSPS) is 18.5. The van der Waals surface area contributed by atoms with Gasteiger partial charge in [0.1, 0.15) is 5.82 Å². The number of piperazine rings is 1. The van der Waals surface area contributed by atoms with E-state index in [2.05, 4.69) is 83.8 Å². The lowest BCUT2D eigenvalue weighted by Crippen LogP contribution is -2.44. The maximum absolute atomic E-state index is 12.1. The molecule has 0 radical (unpaired) electrons. The lowest BCUT2D eigenvalue weighted by Gasteiger charge is -2.34. The van der Waals surface area contributed by atoms with Gasteiger partial charge in [-0.3, -0.25) is 4.79 Å². The second-order valence-electron chi connectivity index (χ2n) is 9.13. The van der Waals surface area contributed by atoms with Gasteiger partial charge in [0.05, 0.1) is 17.0 Å². The fraction of sp³-hybridized carbons (Fsp3) is 0.560. The van der Waals surface area contributed by atoms with Crippen molar-refractivity contribution >= 4 is 45.0 Å². The molecule has 0 aliphatic carbocycles. The summed E-state index contributed by atoms with van der Waals surface area (Å²) in [6.07, 6.45) is 4.28. The molecule has 1 aromatic carbocycles. The molecule has 2 aliphatic rings. The average Bonchev–Trinajstić information content (AvgIpc) is 3.41. The van der Waals surface area contributed by atoms with Gasteiger partial charge in [-0.2, -0.15) is 4.98 Å². The van der Waals surface area contributed by atoms with E-state index in [1.54, 1.807) is 6.20 Å². The van der Waals surface area contributed by atoms with Crippen LogP contribution in [-0.4, -0.2) is 80.3 Å². The molecule has 3 N–H and O–H groups in total. The van der Waals surface area contributed by atoms with E-state index >= 15 is 0 Å². The lowest BCUT2D eigenvalue weighted by atomic mass is 10.1. The van der Waals surface area contributed by atoms with Gasteiger partial charge >= 0.3 is 0 Å². The fourth-order valence-electron chi connectivity index (χ4n) is 4.32. The van der Waals surface area contributed by atoms with E-state index < -0.39 is 0 Å². The van der Waals surface area contributed by atoms with Gasteiger partial charge in [-0.25, -0.2) is 4.98 Å². The third kappa shape index (κ3) is 7.05. The van der Waals surface area contributed by atoms with Crippen molar-refractivity contribution < 1.29 is 9.53 Å². The summed E-state index contributed by atoms with van der Waals surface area (Å²) in [4.78, 5) is 26.0. The van der Waals surface area contributed by atoms with Crippen LogP contribution in [0.2, 0.25) is 0 Å². The Bertz CT molecular complexity index is 992. The number of rotatable bonds is 10. The first-order chi connectivity index (χ1) is 17.0. The van der Waals surface area contributed by atoms with Crippen LogP contribution >= 0.6 is 15.9 Å². The van der Waals surface area contributed by atoms with Crippen molar-refractivity contribution in [2.75, 3.05) is 75.1 Å². The highest BCUT2D eigenvalue weighted by Gasteiger charge is 2.22. The number of anilines is 4. The van der Waals surface area contributed by atoms with E-state index in [1.165, 1.54) is 11.3 Å². The van der Waals surface area contributed by atoms with Gasteiger partial charge in [0.25, 0.3) is 0 Å². The summed E-state index contributed by atoms with van der Waals surface area (Å²) in [7, 11) is 2.17. The van der Waals surface area contributed by atoms with Crippen LogP contribution in [-0.2, 0) is 16.0 Å². The van der Waals surface area contributed by atoms with Crippen LogP contribution in [0.1, 0.15) is 25.3 Å². The molecule has 2 aliphatic heterocycles. The molecule has 3 heterocycles. The largest absolute Gasteiger partial charge is 0.381 e. The number of carbonyl (C=O) groups is 1. The van der Waals surface area contributed by atoms with Gasteiger partial charge in [-0.1, -0.05) is 6.92 Å². The molecule has 2 saturated heterocycles. The summed E-state index contributed by atoms with van der Waals surface area (Å²) in [5.74, 6) is 1.36. The second kappa shape index (κ2) is 12.5.